The maximum absolute atomic E-state index is 11.9. The number of nitrogens with zero attached hydrogens (tertiary/aromatic N) is 2. The van der Waals surface area contributed by atoms with Crippen LogP contribution in [-0.4, -0.2) is 34.4 Å². The Bertz CT molecular complexity index is 727. The van der Waals surface area contributed by atoms with Gasteiger partial charge < -0.3 is 10.1 Å². The van der Waals surface area contributed by atoms with Gasteiger partial charge in [0.2, 0.25) is 5.95 Å². The highest BCUT2D eigenvalue weighted by atomic mass is 35.5. The number of aromatic nitrogens is 3. The summed E-state index contributed by atoms with van der Waals surface area (Å²) in [6.07, 6.45) is 2.34. The van der Waals surface area contributed by atoms with Crippen LogP contribution in [-0.2, 0) is 10.0 Å². The lowest BCUT2D eigenvalue weighted by atomic mass is 10.4. The molecule has 100 valence electrons. The number of sulfonamides is 1. The molecule has 2 aromatic heterocycles. The van der Waals surface area contributed by atoms with Gasteiger partial charge in [0.15, 0.2) is 0 Å². The van der Waals surface area contributed by atoms with E-state index in [0.717, 1.165) is 12.3 Å². The van der Waals surface area contributed by atoms with Gasteiger partial charge >= 0.3 is 5.97 Å². The highest BCUT2D eigenvalue weighted by Crippen LogP contribution is 2.15. The van der Waals surface area contributed by atoms with Crippen molar-refractivity contribution in [3.05, 3.63) is 35.4 Å². The highest BCUT2D eigenvalue weighted by molar-refractivity contribution is 7.92. The smallest absolute Gasteiger partial charge is 0.352 e. The van der Waals surface area contributed by atoms with Gasteiger partial charge in [-0.2, -0.15) is 0 Å². The fourth-order valence-electron chi connectivity index (χ4n) is 1.22. The molecule has 0 fully saturated rings. The minimum absolute atomic E-state index is 0.0768. The van der Waals surface area contributed by atoms with Crippen molar-refractivity contribution in [2.45, 2.75) is 4.90 Å². The third kappa shape index (κ3) is 3.01. The largest absolute Gasteiger partial charge is 0.477 e. The summed E-state index contributed by atoms with van der Waals surface area (Å²) in [6, 6.07) is 2.37. The number of nitrogens with one attached hydrogen (secondary N) is 2. The Labute approximate surface area is 112 Å². The van der Waals surface area contributed by atoms with Crippen molar-refractivity contribution in [3.63, 3.8) is 0 Å². The number of H-pyrrole nitrogens is 1. The molecule has 0 atom stereocenters. The zero-order chi connectivity index (χ0) is 14.0. The van der Waals surface area contributed by atoms with E-state index < -0.39 is 16.0 Å². The van der Waals surface area contributed by atoms with Gasteiger partial charge in [0, 0.05) is 12.4 Å². The van der Waals surface area contributed by atoms with Crippen LogP contribution in [0.5, 0.6) is 0 Å². The number of carboxylic acid groups (broad SMARTS) is 1. The van der Waals surface area contributed by atoms with E-state index in [1.165, 1.54) is 12.3 Å². The highest BCUT2D eigenvalue weighted by Gasteiger charge is 2.19. The second kappa shape index (κ2) is 4.86. The molecular weight excluding hydrogens is 296 g/mol. The summed E-state index contributed by atoms with van der Waals surface area (Å²) >= 11 is 5.60. The van der Waals surface area contributed by atoms with Gasteiger partial charge in [-0.1, -0.05) is 11.6 Å². The molecule has 8 nitrogen and oxygen atoms in total. The Hall–Kier alpha value is -2.13. The fraction of sp³-hybridized carbons (Fsp3) is 0. The number of carboxylic acids is 1. The zero-order valence-corrected chi connectivity index (χ0v) is 10.7. The van der Waals surface area contributed by atoms with Crippen LogP contribution in [0, 0.1) is 0 Å². The first-order chi connectivity index (χ1) is 8.88. The molecule has 0 aliphatic carbocycles. The summed E-state index contributed by atoms with van der Waals surface area (Å²) in [6.45, 7) is 0. The minimum atomic E-state index is -3.97. The molecule has 0 bridgehead atoms. The molecule has 0 saturated heterocycles. The van der Waals surface area contributed by atoms with Crippen molar-refractivity contribution >= 4 is 33.5 Å². The summed E-state index contributed by atoms with van der Waals surface area (Å²) in [5.41, 5.74) is -0.243. The van der Waals surface area contributed by atoms with Crippen molar-refractivity contribution < 1.29 is 18.3 Å². The summed E-state index contributed by atoms with van der Waals surface area (Å²) < 4.78 is 25.9. The average molecular weight is 303 g/mol. The Balaban J connectivity index is 2.29. The molecule has 0 unspecified atom stereocenters. The number of anilines is 1. The van der Waals surface area contributed by atoms with E-state index in [9.17, 15) is 13.2 Å². The van der Waals surface area contributed by atoms with Crippen LogP contribution in [0.25, 0.3) is 0 Å². The molecule has 3 N–H and O–H groups in total. The predicted molar refractivity (Wildman–Crippen MR) is 65.6 cm³/mol. The Morgan fingerprint density at radius 1 is 1.47 bits per heavy atom. The molecule has 2 heterocycles. The van der Waals surface area contributed by atoms with E-state index in [-0.39, 0.29) is 21.7 Å². The number of hydrogen-bond acceptors (Lipinski definition) is 5. The van der Waals surface area contributed by atoms with Crippen LogP contribution < -0.4 is 4.72 Å². The number of halogens is 1. The van der Waals surface area contributed by atoms with Crippen LogP contribution in [0.3, 0.4) is 0 Å². The predicted octanol–water partition coefficient (Wildman–Crippen LogP) is 0.957. The van der Waals surface area contributed by atoms with Gasteiger partial charge in [-0.3, -0.25) is 0 Å². The molecule has 0 saturated carbocycles. The molecule has 0 amide bonds. The summed E-state index contributed by atoms with van der Waals surface area (Å²) in [5.74, 6) is -1.47. The van der Waals surface area contributed by atoms with Crippen molar-refractivity contribution in [3.8, 4) is 0 Å². The first kappa shape index (κ1) is 13.3. The molecular formula is C9H7ClN4O4S. The summed E-state index contributed by atoms with van der Waals surface area (Å²) in [4.78, 5) is 20.1. The lowest BCUT2D eigenvalue weighted by Crippen LogP contribution is -2.14. The number of rotatable bonds is 4. The number of aromatic amines is 1. The Morgan fingerprint density at radius 3 is 2.79 bits per heavy atom. The van der Waals surface area contributed by atoms with Gasteiger partial charge in [-0.25, -0.2) is 27.9 Å². The van der Waals surface area contributed by atoms with Gasteiger partial charge in [-0.15, -0.1) is 0 Å². The third-order valence-electron chi connectivity index (χ3n) is 2.04. The van der Waals surface area contributed by atoms with E-state index in [4.69, 9.17) is 16.7 Å². The third-order valence-corrected chi connectivity index (χ3v) is 3.56. The first-order valence-electron chi connectivity index (χ1n) is 4.81. The van der Waals surface area contributed by atoms with Crippen LogP contribution in [0.4, 0.5) is 5.95 Å². The van der Waals surface area contributed by atoms with Crippen LogP contribution in [0.1, 0.15) is 10.5 Å². The quantitative estimate of drug-likeness (QED) is 0.722. The van der Waals surface area contributed by atoms with E-state index in [1.807, 2.05) is 0 Å². The SMILES string of the molecule is O=C(O)c1cc(S(=O)(=O)Nc2nccc(Cl)n2)c[nH]1. The van der Waals surface area contributed by atoms with Crippen molar-refractivity contribution in [2.75, 3.05) is 4.72 Å². The summed E-state index contributed by atoms with van der Waals surface area (Å²) in [7, 11) is -3.97. The monoisotopic (exact) mass is 302 g/mol. The van der Waals surface area contributed by atoms with E-state index in [2.05, 4.69) is 19.7 Å². The maximum Gasteiger partial charge on any atom is 0.352 e. The van der Waals surface area contributed by atoms with Gasteiger partial charge in [0.05, 0.1) is 0 Å². The molecule has 19 heavy (non-hydrogen) atoms. The maximum atomic E-state index is 11.9. The fourth-order valence-corrected chi connectivity index (χ4v) is 2.30. The van der Waals surface area contributed by atoms with Gasteiger partial charge in [0.25, 0.3) is 10.0 Å². The lowest BCUT2D eigenvalue weighted by Gasteiger charge is -2.03. The molecule has 2 rings (SSSR count). The van der Waals surface area contributed by atoms with Crippen LogP contribution in [0.2, 0.25) is 5.15 Å². The first-order valence-corrected chi connectivity index (χ1v) is 6.68. The van der Waals surface area contributed by atoms with Crippen LogP contribution in [0.15, 0.2) is 29.4 Å². The zero-order valence-electron chi connectivity index (χ0n) is 9.16. The second-order valence-corrected chi connectivity index (χ2v) is 5.43. The molecule has 0 aliphatic heterocycles. The molecule has 0 radical (unpaired) electrons. The van der Waals surface area contributed by atoms with Crippen LogP contribution >= 0.6 is 11.6 Å². The Kier molecular flexibility index (Phi) is 3.40. The van der Waals surface area contributed by atoms with Gasteiger partial charge in [-0.05, 0) is 12.1 Å². The molecule has 0 spiro atoms. The Morgan fingerprint density at radius 2 is 2.21 bits per heavy atom. The minimum Gasteiger partial charge on any atom is -0.477 e. The molecule has 10 heteroatoms. The van der Waals surface area contributed by atoms with E-state index >= 15 is 0 Å². The standard InChI is InChI=1S/C9H7ClN4O4S/c10-7-1-2-11-9(13-7)14-19(17,18)5-3-6(8(15)16)12-4-5/h1-4,12H,(H,15,16)(H,11,13,14). The van der Waals surface area contributed by atoms with Gasteiger partial charge in [0.1, 0.15) is 15.7 Å². The summed E-state index contributed by atoms with van der Waals surface area (Å²) in [5, 5.41) is 8.78. The second-order valence-electron chi connectivity index (χ2n) is 3.36. The molecule has 2 aromatic rings. The van der Waals surface area contributed by atoms with Crippen molar-refractivity contribution in [1.82, 2.24) is 15.0 Å². The van der Waals surface area contributed by atoms with E-state index in [0.29, 0.717) is 0 Å². The number of carbonyl (C=O) groups is 1. The van der Waals surface area contributed by atoms with E-state index in [1.54, 1.807) is 0 Å². The topological polar surface area (TPSA) is 125 Å². The van der Waals surface area contributed by atoms with Crippen molar-refractivity contribution in [1.29, 1.82) is 0 Å². The molecule has 0 aliphatic rings. The van der Waals surface area contributed by atoms with Crippen molar-refractivity contribution in [2.24, 2.45) is 0 Å². The average Bonchev–Trinajstić information content (AvgIpc) is 2.78. The number of hydrogen-bond donors (Lipinski definition) is 3. The number of aromatic carboxylic acids is 1. The lowest BCUT2D eigenvalue weighted by molar-refractivity contribution is 0.0691. The molecule has 0 aromatic carbocycles. The normalized spacial score (nSPS) is 11.2.